The van der Waals surface area contributed by atoms with Crippen molar-refractivity contribution >= 4 is 5.91 Å². The van der Waals surface area contributed by atoms with Crippen molar-refractivity contribution < 1.29 is 13.9 Å². The normalized spacial score (nSPS) is 11.8. The summed E-state index contributed by atoms with van der Waals surface area (Å²) in [5, 5.41) is 2.94. The van der Waals surface area contributed by atoms with Gasteiger partial charge in [0, 0.05) is 25.0 Å². The van der Waals surface area contributed by atoms with Gasteiger partial charge in [0.1, 0.15) is 23.4 Å². The fourth-order valence-electron chi connectivity index (χ4n) is 2.72. The molecule has 0 radical (unpaired) electrons. The van der Waals surface area contributed by atoms with E-state index in [1.807, 2.05) is 14.0 Å². The third kappa shape index (κ3) is 3.91. The first-order chi connectivity index (χ1) is 12.6. The van der Waals surface area contributed by atoms with E-state index in [9.17, 15) is 9.18 Å². The highest BCUT2D eigenvalue weighted by atomic mass is 19.1. The van der Waals surface area contributed by atoms with Gasteiger partial charge in [0.25, 0.3) is 5.91 Å². The summed E-state index contributed by atoms with van der Waals surface area (Å²) < 4.78 is 20.9. The number of benzene rings is 2. The molecule has 5 nitrogen and oxygen atoms in total. The van der Waals surface area contributed by atoms with Crippen molar-refractivity contribution in [3.63, 3.8) is 0 Å². The van der Waals surface area contributed by atoms with Crippen molar-refractivity contribution in [1.82, 2.24) is 14.9 Å². The molecule has 6 heteroatoms. The van der Waals surface area contributed by atoms with Gasteiger partial charge in [-0.3, -0.25) is 4.79 Å². The summed E-state index contributed by atoms with van der Waals surface area (Å²) in [5.74, 6) is 0.687. The Morgan fingerprint density at radius 1 is 1.27 bits per heavy atom. The maximum absolute atomic E-state index is 13.7. The van der Waals surface area contributed by atoms with Crippen LogP contribution >= 0.6 is 0 Å². The first-order valence-electron chi connectivity index (χ1n) is 8.35. The van der Waals surface area contributed by atoms with Crippen molar-refractivity contribution in [2.75, 3.05) is 6.61 Å². The number of hydrogen-bond acceptors (Lipinski definition) is 3. The highest BCUT2D eigenvalue weighted by Crippen LogP contribution is 2.22. The third-order valence-electron chi connectivity index (χ3n) is 4.00. The first-order valence-corrected chi connectivity index (χ1v) is 8.35. The number of ether oxygens (including phenoxy) is 1. The number of imidazole rings is 1. The van der Waals surface area contributed by atoms with Gasteiger partial charge in [-0.15, -0.1) is 0 Å². The predicted molar refractivity (Wildman–Crippen MR) is 96.5 cm³/mol. The van der Waals surface area contributed by atoms with Crippen molar-refractivity contribution in [1.29, 1.82) is 0 Å². The molecule has 1 aromatic heterocycles. The summed E-state index contributed by atoms with van der Waals surface area (Å²) in [6, 6.07) is 12.5. The fourth-order valence-corrected chi connectivity index (χ4v) is 2.72. The lowest BCUT2D eigenvalue weighted by Gasteiger charge is -2.19. The molecule has 134 valence electrons. The summed E-state index contributed by atoms with van der Waals surface area (Å²) in [4.78, 5) is 17.0. The van der Waals surface area contributed by atoms with Crippen LogP contribution in [0.2, 0.25) is 0 Å². The first kappa shape index (κ1) is 17.7. The molecule has 1 heterocycles. The minimum atomic E-state index is -0.565. The molecule has 2 aromatic carbocycles. The number of halogens is 1. The summed E-state index contributed by atoms with van der Waals surface area (Å²) in [7, 11) is 1.83. The van der Waals surface area contributed by atoms with E-state index < -0.39 is 6.04 Å². The van der Waals surface area contributed by atoms with Crippen molar-refractivity contribution in [3.8, 4) is 5.75 Å². The lowest BCUT2D eigenvalue weighted by atomic mass is 10.0. The fraction of sp³-hybridized carbons (Fsp3) is 0.200. The number of aryl methyl sites for hydroxylation is 1. The molecule has 0 fully saturated rings. The van der Waals surface area contributed by atoms with E-state index in [1.165, 1.54) is 12.1 Å². The van der Waals surface area contributed by atoms with Crippen LogP contribution in [0.25, 0.3) is 0 Å². The SMILES string of the molecule is CCOc1ccc(C(=O)N[C@H](c2cccc(F)c2)c2nccn2C)cc1. The highest BCUT2D eigenvalue weighted by molar-refractivity contribution is 5.94. The van der Waals surface area contributed by atoms with Crippen molar-refractivity contribution in [2.24, 2.45) is 7.05 Å². The molecular weight excluding hydrogens is 333 g/mol. The Hall–Kier alpha value is -3.15. The Kier molecular flexibility index (Phi) is 5.31. The van der Waals surface area contributed by atoms with E-state index in [4.69, 9.17) is 4.74 Å². The summed E-state index contributed by atoms with van der Waals surface area (Å²) in [5.41, 5.74) is 1.11. The molecule has 0 saturated carbocycles. The van der Waals surface area contributed by atoms with Crippen LogP contribution in [0.15, 0.2) is 60.9 Å². The molecule has 0 aliphatic rings. The standard InChI is InChI=1S/C20H20FN3O2/c1-3-26-17-9-7-14(8-10-17)20(25)23-18(19-22-11-12-24(19)2)15-5-4-6-16(21)13-15/h4-13,18H,3H2,1-2H3,(H,23,25)/t18-/m1/s1. The van der Waals surface area contributed by atoms with Gasteiger partial charge in [0.15, 0.2) is 0 Å². The molecule has 0 aliphatic heterocycles. The van der Waals surface area contributed by atoms with E-state index in [-0.39, 0.29) is 11.7 Å². The quantitative estimate of drug-likeness (QED) is 0.738. The minimum Gasteiger partial charge on any atom is -0.494 e. The molecule has 0 bridgehead atoms. The average Bonchev–Trinajstić information content (AvgIpc) is 3.06. The van der Waals surface area contributed by atoms with E-state index >= 15 is 0 Å². The molecule has 0 spiro atoms. The second-order valence-corrected chi connectivity index (χ2v) is 5.82. The third-order valence-corrected chi connectivity index (χ3v) is 4.00. The van der Waals surface area contributed by atoms with Crippen LogP contribution in [0.4, 0.5) is 4.39 Å². The van der Waals surface area contributed by atoms with Gasteiger partial charge in [0.2, 0.25) is 0 Å². The summed E-state index contributed by atoms with van der Waals surface area (Å²) in [6.07, 6.45) is 3.43. The minimum absolute atomic E-state index is 0.273. The molecule has 26 heavy (non-hydrogen) atoms. The van der Waals surface area contributed by atoms with Gasteiger partial charge in [-0.2, -0.15) is 0 Å². The lowest BCUT2D eigenvalue weighted by molar-refractivity contribution is 0.0941. The Bertz CT molecular complexity index is 890. The number of amides is 1. The second kappa shape index (κ2) is 7.82. The largest absolute Gasteiger partial charge is 0.494 e. The van der Waals surface area contributed by atoms with E-state index in [0.29, 0.717) is 29.3 Å². The zero-order chi connectivity index (χ0) is 18.5. The number of nitrogens with one attached hydrogen (secondary N) is 1. The van der Waals surface area contributed by atoms with Crippen LogP contribution in [0, 0.1) is 5.82 Å². The molecule has 1 N–H and O–H groups in total. The number of carbonyl (C=O) groups excluding carboxylic acids is 1. The Balaban J connectivity index is 1.88. The molecule has 0 aliphatic carbocycles. The monoisotopic (exact) mass is 353 g/mol. The number of rotatable bonds is 6. The topological polar surface area (TPSA) is 56.1 Å². The second-order valence-electron chi connectivity index (χ2n) is 5.82. The molecule has 1 amide bonds. The predicted octanol–water partition coefficient (Wildman–Crippen LogP) is 3.48. The molecule has 0 saturated heterocycles. The van der Waals surface area contributed by atoms with Gasteiger partial charge in [-0.05, 0) is 48.9 Å². The van der Waals surface area contributed by atoms with Crippen LogP contribution in [-0.4, -0.2) is 22.1 Å². The average molecular weight is 353 g/mol. The molecule has 3 aromatic rings. The Labute approximate surface area is 151 Å². The highest BCUT2D eigenvalue weighted by Gasteiger charge is 2.22. The van der Waals surface area contributed by atoms with Gasteiger partial charge in [-0.25, -0.2) is 9.37 Å². The van der Waals surface area contributed by atoms with E-state index in [2.05, 4.69) is 10.3 Å². The molecule has 1 atom stereocenters. The van der Waals surface area contributed by atoms with Crippen LogP contribution < -0.4 is 10.1 Å². The summed E-state index contributed by atoms with van der Waals surface area (Å²) in [6.45, 7) is 2.46. The van der Waals surface area contributed by atoms with Crippen LogP contribution in [0.1, 0.15) is 34.7 Å². The van der Waals surface area contributed by atoms with Crippen molar-refractivity contribution in [3.05, 3.63) is 83.7 Å². The number of carbonyl (C=O) groups is 1. The van der Waals surface area contributed by atoms with Crippen LogP contribution in [-0.2, 0) is 7.05 Å². The lowest BCUT2D eigenvalue weighted by Crippen LogP contribution is -2.31. The van der Waals surface area contributed by atoms with Crippen molar-refractivity contribution in [2.45, 2.75) is 13.0 Å². The Morgan fingerprint density at radius 2 is 2.04 bits per heavy atom. The number of hydrogen-bond donors (Lipinski definition) is 1. The maximum atomic E-state index is 13.7. The van der Waals surface area contributed by atoms with E-state index in [1.54, 1.807) is 53.4 Å². The number of nitrogens with zero attached hydrogens (tertiary/aromatic N) is 2. The van der Waals surface area contributed by atoms with Gasteiger partial charge in [-0.1, -0.05) is 12.1 Å². The molecule has 0 unspecified atom stereocenters. The van der Waals surface area contributed by atoms with Crippen LogP contribution in [0.3, 0.4) is 0 Å². The van der Waals surface area contributed by atoms with Gasteiger partial charge >= 0.3 is 0 Å². The van der Waals surface area contributed by atoms with Crippen LogP contribution in [0.5, 0.6) is 5.75 Å². The van der Waals surface area contributed by atoms with Gasteiger partial charge < -0.3 is 14.6 Å². The Morgan fingerprint density at radius 3 is 2.65 bits per heavy atom. The zero-order valence-electron chi connectivity index (χ0n) is 14.6. The molecular formula is C20H20FN3O2. The maximum Gasteiger partial charge on any atom is 0.252 e. The summed E-state index contributed by atoms with van der Waals surface area (Å²) >= 11 is 0. The number of aromatic nitrogens is 2. The van der Waals surface area contributed by atoms with Gasteiger partial charge in [0.05, 0.1) is 6.61 Å². The zero-order valence-corrected chi connectivity index (χ0v) is 14.6. The smallest absolute Gasteiger partial charge is 0.252 e. The van der Waals surface area contributed by atoms with E-state index in [0.717, 1.165) is 0 Å². The molecule has 3 rings (SSSR count).